The maximum absolute atomic E-state index is 13.7. The van der Waals surface area contributed by atoms with Crippen molar-refractivity contribution in [1.82, 2.24) is 5.32 Å². The van der Waals surface area contributed by atoms with E-state index in [1.165, 1.54) is 17.0 Å². The molecule has 1 aliphatic heterocycles. The zero-order valence-electron chi connectivity index (χ0n) is 21.5. The number of likely N-dealkylation sites (N-methyl/N-ethyl adjacent to an activating group) is 1. The normalized spacial score (nSPS) is 14.3. The molecule has 0 aliphatic carbocycles. The third kappa shape index (κ3) is 5.61. The second-order valence-electron chi connectivity index (χ2n) is 9.14. The molecule has 39 heavy (non-hydrogen) atoms. The van der Waals surface area contributed by atoms with E-state index in [0.717, 1.165) is 12.2 Å². The Morgan fingerprint density at radius 3 is 2.38 bits per heavy atom. The fraction of sp³-hybridized carbons (Fsp3) is 0.161. The van der Waals surface area contributed by atoms with Gasteiger partial charge in [-0.05, 0) is 67.1 Å². The van der Waals surface area contributed by atoms with E-state index in [9.17, 15) is 18.2 Å². The number of carbonyl (C=O) groups is 2. The van der Waals surface area contributed by atoms with Crippen LogP contribution in [0, 0.1) is 5.82 Å². The molecule has 0 radical (unpaired) electrons. The summed E-state index contributed by atoms with van der Waals surface area (Å²) in [5.74, 6) is -0.995. The van der Waals surface area contributed by atoms with E-state index < -0.39 is 10.8 Å². The lowest BCUT2D eigenvalue weighted by molar-refractivity contribution is 0.0950. The highest BCUT2D eigenvalue weighted by Gasteiger charge is 2.31. The zero-order valence-corrected chi connectivity index (χ0v) is 22.3. The van der Waals surface area contributed by atoms with Crippen LogP contribution in [0.15, 0.2) is 107 Å². The summed E-state index contributed by atoms with van der Waals surface area (Å²) in [4.78, 5) is 31.4. The van der Waals surface area contributed by atoms with Crippen LogP contribution in [0.4, 0.5) is 15.8 Å². The van der Waals surface area contributed by atoms with Gasteiger partial charge < -0.3 is 15.1 Å². The van der Waals surface area contributed by atoms with Crippen molar-refractivity contribution in [3.8, 4) is 0 Å². The molecule has 8 heteroatoms. The molecule has 6 nitrogen and oxygen atoms in total. The summed E-state index contributed by atoms with van der Waals surface area (Å²) in [5, 5.41) is 2.96. The highest BCUT2D eigenvalue weighted by Crippen LogP contribution is 2.36. The third-order valence-electron chi connectivity index (χ3n) is 6.70. The molecule has 0 spiro atoms. The van der Waals surface area contributed by atoms with Crippen LogP contribution in [0.25, 0.3) is 0 Å². The van der Waals surface area contributed by atoms with Crippen molar-refractivity contribution < 1.29 is 18.2 Å². The summed E-state index contributed by atoms with van der Waals surface area (Å²) in [6.07, 6.45) is 0. The predicted octanol–water partition coefficient (Wildman–Crippen LogP) is 5.41. The van der Waals surface area contributed by atoms with Crippen LogP contribution in [0.1, 0.15) is 33.2 Å². The number of benzene rings is 4. The molecule has 4 aromatic carbocycles. The second-order valence-corrected chi connectivity index (χ2v) is 10.6. The number of hydrogen-bond donors (Lipinski definition) is 1. The molecule has 198 valence electrons. The Kier molecular flexibility index (Phi) is 7.84. The lowest BCUT2D eigenvalue weighted by atomic mass is 10.1. The van der Waals surface area contributed by atoms with Gasteiger partial charge in [0.1, 0.15) is 5.82 Å². The van der Waals surface area contributed by atoms with Crippen LogP contribution in [0.3, 0.4) is 0 Å². The van der Waals surface area contributed by atoms with Crippen molar-refractivity contribution in [2.75, 3.05) is 29.4 Å². The van der Waals surface area contributed by atoms with Crippen molar-refractivity contribution in [2.24, 2.45) is 0 Å². The predicted molar refractivity (Wildman–Crippen MR) is 151 cm³/mol. The Hall–Kier alpha value is -4.30. The van der Waals surface area contributed by atoms with E-state index in [1.54, 1.807) is 54.6 Å². The number of nitrogens with zero attached hydrogens (tertiary/aromatic N) is 2. The first-order valence-electron chi connectivity index (χ1n) is 12.8. The molecule has 2 amide bonds. The SMILES string of the molecule is CCN(CCNC(=O)c1ccc2c(c1)N(Cc1ccc(F)cc1)C(=O)c1ccccc1[S@]2=O)c1ccccc1. The number of hydrogen-bond acceptors (Lipinski definition) is 4. The molecule has 0 fully saturated rings. The largest absolute Gasteiger partial charge is 0.370 e. The van der Waals surface area contributed by atoms with Crippen molar-refractivity contribution in [3.63, 3.8) is 0 Å². The summed E-state index contributed by atoms with van der Waals surface area (Å²) in [6, 6.07) is 27.6. The van der Waals surface area contributed by atoms with Gasteiger partial charge >= 0.3 is 0 Å². The van der Waals surface area contributed by atoms with Gasteiger partial charge in [0.15, 0.2) is 0 Å². The van der Waals surface area contributed by atoms with Crippen molar-refractivity contribution >= 4 is 34.0 Å². The van der Waals surface area contributed by atoms with Crippen LogP contribution in [-0.4, -0.2) is 35.7 Å². The van der Waals surface area contributed by atoms with Gasteiger partial charge in [-0.2, -0.15) is 0 Å². The maximum Gasteiger partial charge on any atom is 0.259 e. The highest BCUT2D eigenvalue weighted by molar-refractivity contribution is 7.85. The molecule has 4 aromatic rings. The minimum Gasteiger partial charge on any atom is -0.370 e. The summed E-state index contributed by atoms with van der Waals surface area (Å²) in [5.41, 5.74) is 2.87. The van der Waals surface area contributed by atoms with Gasteiger partial charge in [-0.25, -0.2) is 8.60 Å². The first-order valence-corrected chi connectivity index (χ1v) is 13.9. The Bertz CT molecular complexity index is 1530. The molecule has 5 rings (SSSR count). The lowest BCUT2D eigenvalue weighted by Crippen LogP contribution is -2.35. The fourth-order valence-corrected chi connectivity index (χ4v) is 5.99. The molecule has 1 heterocycles. The van der Waals surface area contributed by atoms with Gasteiger partial charge in [-0.15, -0.1) is 0 Å². The summed E-state index contributed by atoms with van der Waals surface area (Å²) in [6.45, 7) is 4.04. The lowest BCUT2D eigenvalue weighted by Gasteiger charge is -2.24. The Balaban J connectivity index is 1.43. The molecule has 0 bridgehead atoms. The maximum atomic E-state index is 13.7. The smallest absolute Gasteiger partial charge is 0.259 e. The standard InChI is InChI=1S/C31H28FN3O3S/c1-2-34(25-8-4-3-5-9-25)19-18-33-30(36)23-14-17-29-27(20-23)35(21-22-12-15-24(32)16-13-22)31(37)26-10-6-7-11-28(26)39(29)38/h3-17,20H,2,18-19,21H2,1H3,(H,33,36)/t39-/m1/s1. The minimum atomic E-state index is -1.63. The van der Waals surface area contributed by atoms with Crippen LogP contribution in [0.2, 0.25) is 0 Å². The Labute approximate surface area is 229 Å². The average Bonchev–Trinajstić information content (AvgIpc) is 3.06. The number of nitrogens with one attached hydrogen (secondary N) is 1. The highest BCUT2D eigenvalue weighted by atomic mass is 32.2. The van der Waals surface area contributed by atoms with Gasteiger partial charge in [-0.1, -0.05) is 42.5 Å². The quantitative estimate of drug-likeness (QED) is 0.324. The number of carbonyl (C=O) groups excluding carboxylic acids is 2. The van der Waals surface area contributed by atoms with Gasteiger partial charge in [0.05, 0.1) is 38.4 Å². The van der Waals surface area contributed by atoms with E-state index in [1.807, 2.05) is 30.3 Å². The average molecular weight is 542 g/mol. The first-order chi connectivity index (χ1) is 19.0. The minimum absolute atomic E-state index is 0.130. The van der Waals surface area contributed by atoms with Gasteiger partial charge in [0, 0.05) is 30.9 Å². The van der Waals surface area contributed by atoms with Crippen LogP contribution < -0.4 is 15.1 Å². The van der Waals surface area contributed by atoms with E-state index in [-0.39, 0.29) is 24.2 Å². The summed E-state index contributed by atoms with van der Waals surface area (Å²) >= 11 is 0. The number of halogens is 1. The van der Waals surface area contributed by atoms with E-state index in [0.29, 0.717) is 45.3 Å². The monoisotopic (exact) mass is 541 g/mol. The molecular formula is C31H28FN3O3S. The topological polar surface area (TPSA) is 69.7 Å². The number of fused-ring (bicyclic) bond motifs is 2. The first kappa shape index (κ1) is 26.3. The summed E-state index contributed by atoms with van der Waals surface area (Å²) in [7, 11) is -1.63. The van der Waals surface area contributed by atoms with Crippen LogP contribution in [-0.2, 0) is 17.3 Å². The molecule has 1 atom stereocenters. The van der Waals surface area contributed by atoms with Crippen LogP contribution in [0.5, 0.6) is 0 Å². The zero-order chi connectivity index (χ0) is 27.4. The molecule has 0 saturated carbocycles. The Morgan fingerprint density at radius 2 is 1.64 bits per heavy atom. The number of rotatable bonds is 8. The van der Waals surface area contributed by atoms with Gasteiger partial charge in [-0.3, -0.25) is 9.59 Å². The number of amides is 2. The van der Waals surface area contributed by atoms with Crippen molar-refractivity contribution in [3.05, 3.63) is 120 Å². The molecule has 0 unspecified atom stereocenters. The molecule has 0 saturated heterocycles. The molecular weight excluding hydrogens is 513 g/mol. The third-order valence-corrected chi connectivity index (χ3v) is 8.20. The van der Waals surface area contributed by atoms with E-state index in [4.69, 9.17) is 0 Å². The molecule has 1 N–H and O–H groups in total. The summed E-state index contributed by atoms with van der Waals surface area (Å²) < 4.78 is 27.1. The van der Waals surface area contributed by atoms with E-state index in [2.05, 4.69) is 17.1 Å². The van der Waals surface area contributed by atoms with Crippen molar-refractivity contribution in [2.45, 2.75) is 23.3 Å². The van der Waals surface area contributed by atoms with Crippen molar-refractivity contribution in [1.29, 1.82) is 0 Å². The fourth-order valence-electron chi connectivity index (χ4n) is 4.65. The number of anilines is 2. The van der Waals surface area contributed by atoms with Crippen LogP contribution >= 0.6 is 0 Å². The van der Waals surface area contributed by atoms with E-state index >= 15 is 0 Å². The molecule has 1 aliphatic rings. The Morgan fingerprint density at radius 1 is 0.923 bits per heavy atom. The second kappa shape index (κ2) is 11.6. The molecule has 0 aromatic heterocycles. The van der Waals surface area contributed by atoms with Gasteiger partial charge in [0.25, 0.3) is 11.8 Å². The van der Waals surface area contributed by atoms with Gasteiger partial charge in [0.2, 0.25) is 0 Å². The number of para-hydroxylation sites is 1.